The van der Waals surface area contributed by atoms with E-state index in [4.69, 9.17) is 31.0 Å². The maximum atomic E-state index is 14.2. The molecule has 0 amide bonds. The lowest BCUT2D eigenvalue weighted by molar-refractivity contribution is 0.101. The van der Waals surface area contributed by atoms with Crippen LogP contribution in [0.25, 0.3) is 16.6 Å². The third-order valence-electron chi connectivity index (χ3n) is 7.32. The summed E-state index contributed by atoms with van der Waals surface area (Å²) in [5.41, 5.74) is 5.71. The van der Waals surface area contributed by atoms with Crippen molar-refractivity contribution in [1.82, 2.24) is 19.4 Å². The van der Waals surface area contributed by atoms with Gasteiger partial charge in [0.2, 0.25) is 5.88 Å². The number of ether oxygens (including phenoxy) is 2. The number of aromatic nitrogens is 3. The lowest BCUT2D eigenvalue weighted by atomic mass is 10.0. The number of pyridine rings is 1. The zero-order chi connectivity index (χ0) is 29.5. The molecule has 0 saturated carbocycles. The van der Waals surface area contributed by atoms with Crippen molar-refractivity contribution >= 4 is 45.7 Å². The van der Waals surface area contributed by atoms with Crippen molar-refractivity contribution in [3.63, 3.8) is 0 Å². The minimum absolute atomic E-state index is 0.0645. The summed E-state index contributed by atoms with van der Waals surface area (Å²) >= 11 is 7.59. The molecule has 1 aliphatic rings. The lowest BCUT2D eigenvalue weighted by Gasteiger charge is -2.26. The van der Waals surface area contributed by atoms with E-state index in [-0.39, 0.29) is 17.9 Å². The topological polar surface area (TPSA) is 64.4 Å². The molecule has 1 aliphatic heterocycles. The summed E-state index contributed by atoms with van der Waals surface area (Å²) in [6, 6.07) is 16.6. The van der Waals surface area contributed by atoms with Crippen molar-refractivity contribution in [2.24, 2.45) is 0 Å². The fourth-order valence-corrected chi connectivity index (χ4v) is 5.69. The van der Waals surface area contributed by atoms with Crippen LogP contribution in [0.1, 0.15) is 36.8 Å². The van der Waals surface area contributed by atoms with E-state index in [1.54, 1.807) is 30.0 Å². The summed E-state index contributed by atoms with van der Waals surface area (Å²) in [6.45, 7) is 6.13. The molecule has 1 unspecified atom stereocenters. The van der Waals surface area contributed by atoms with Gasteiger partial charge in [0.15, 0.2) is 0 Å². The second-order valence-electron chi connectivity index (χ2n) is 10.2. The number of fused-ring (bicyclic) bond motifs is 1. The highest BCUT2D eigenvalue weighted by Gasteiger charge is 2.21. The molecule has 10 heteroatoms. The predicted octanol–water partition coefficient (Wildman–Crippen LogP) is 7.25. The maximum Gasteiger partial charge on any atom is 0.214 e. The summed E-state index contributed by atoms with van der Waals surface area (Å²) in [5, 5.41) is 3.58. The Labute approximate surface area is 256 Å². The Morgan fingerprint density at radius 2 is 2.02 bits per heavy atom. The van der Waals surface area contributed by atoms with E-state index in [1.807, 2.05) is 19.2 Å². The van der Waals surface area contributed by atoms with Crippen LogP contribution < -0.4 is 10.1 Å². The van der Waals surface area contributed by atoms with E-state index < -0.39 is 0 Å². The third kappa shape index (κ3) is 7.45. The number of anilines is 1. The monoisotopic (exact) mass is 609 g/mol. The molecule has 2 aromatic heterocycles. The SMILES string of the molecule is CCCOC(Cn1c(CN2CC=C(c3cccc(OCc4ccc(Cl)cc4F)n3)CC2)nc2cc(NC)ccc21)SC. The Morgan fingerprint density at radius 3 is 2.76 bits per heavy atom. The summed E-state index contributed by atoms with van der Waals surface area (Å²) in [7, 11) is 1.93. The second kappa shape index (κ2) is 14.4. The zero-order valence-corrected chi connectivity index (χ0v) is 25.8. The first kappa shape index (κ1) is 30.4. The van der Waals surface area contributed by atoms with Crippen LogP contribution in [0, 0.1) is 5.82 Å². The average molecular weight is 610 g/mol. The van der Waals surface area contributed by atoms with E-state index in [0.29, 0.717) is 16.5 Å². The number of halogens is 2. The van der Waals surface area contributed by atoms with Gasteiger partial charge >= 0.3 is 0 Å². The number of hydrogen-bond acceptors (Lipinski definition) is 7. The van der Waals surface area contributed by atoms with Crippen LogP contribution in [0.15, 0.2) is 60.7 Å². The Kier molecular flexibility index (Phi) is 10.4. The van der Waals surface area contributed by atoms with Crippen molar-refractivity contribution in [2.45, 2.75) is 44.9 Å². The third-order valence-corrected chi connectivity index (χ3v) is 8.37. The van der Waals surface area contributed by atoms with E-state index >= 15 is 0 Å². The fraction of sp³-hybridized carbons (Fsp3) is 0.375. The summed E-state index contributed by atoms with van der Waals surface area (Å²) < 4.78 is 28.4. The number of nitrogens with zero attached hydrogens (tertiary/aromatic N) is 4. The van der Waals surface area contributed by atoms with Crippen LogP contribution >= 0.6 is 23.4 Å². The van der Waals surface area contributed by atoms with Gasteiger partial charge in [-0.3, -0.25) is 4.90 Å². The minimum atomic E-state index is -0.387. The highest BCUT2D eigenvalue weighted by molar-refractivity contribution is 7.99. The Balaban J connectivity index is 1.28. The summed E-state index contributed by atoms with van der Waals surface area (Å²) in [5.74, 6) is 1.12. The molecule has 5 rings (SSSR count). The van der Waals surface area contributed by atoms with Crippen LogP contribution in [0.3, 0.4) is 0 Å². The van der Waals surface area contributed by atoms with Crippen LogP contribution in [-0.2, 0) is 24.4 Å². The molecule has 0 bridgehead atoms. The Bertz CT molecular complexity index is 1540. The van der Waals surface area contributed by atoms with Crippen LogP contribution in [0.2, 0.25) is 5.02 Å². The molecule has 0 radical (unpaired) electrons. The molecule has 7 nitrogen and oxygen atoms in total. The average Bonchev–Trinajstić information content (AvgIpc) is 3.34. The molecule has 0 aliphatic carbocycles. The molecule has 0 saturated heterocycles. The first-order chi connectivity index (χ1) is 20.5. The van der Waals surface area contributed by atoms with Gasteiger partial charge in [0.05, 0.1) is 29.8 Å². The number of rotatable bonds is 13. The first-order valence-electron chi connectivity index (χ1n) is 14.2. The molecule has 42 heavy (non-hydrogen) atoms. The smallest absolute Gasteiger partial charge is 0.214 e. The van der Waals surface area contributed by atoms with Crippen molar-refractivity contribution in [1.29, 1.82) is 0 Å². The van der Waals surface area contributed by atoms with Gasteiger partial charge in [-0.1, -0.05) is 36.7 Å². The van der Waals surface area contributed by atoms with Gasteiger partial charge in [-0.25, -0.2) is 14.4 Å². The fourth-order valence-electron chi connectivity index (χ4n) is 5.01. The predicted molar refractivity (Wildman–Crippen MR) is 171 cm³/mol. The largest absolute Gasteiger partial charge is 0.473 e. The van der Waals surface area contributed by atoms with E-state index in [9.17, 15) is 4.39 Å². The molecule has 4 aromatic rings. The number of imidazole rings is 1. The molecular formula is C32H37ClFN5O2S. The van der Waals surface area contributed by atoms with Crippen molar-refractivity contribution in [3.8, 4) is 5.88 Å². The van der Waals surface area contributed by atoms with Gasteiger partial charge in [0.1, 0.15) is 23.7 Å². The van der Waals surface area contributed by atoms with Gasteiger partial charge in [-0.2, -0.15) is 0 Å². The van der Waals surface area contributed by atoms with E-state index in [2.05, 4.69) is 52.2 Å². The molecule has 1 atom stereocenters. The van der Waals surface area contributed by atoms with Gasteiger partial charge in [0, 0.05) is 49.1 Å². The molecule has 3 heterocycles. The van der Waals surface area contributed by atoms with Crippen LogP contribution in [0.5, 0.6) is 5.88 Å². The Hall–Kier alpha value is -3.11. The highest BCUT2D eigenvalue weighted by atomic mass is 35.5. The van der Waals surface area contributed by atoms with Gasteiger partial charge in [0.25, 0.3) is 0 Å². The molecule has 0 fully saturated rings. The number of thioether (sulfide) groups is 1. The molecule has 1 N–H and O–H groups in total. The number of nitrogens with one attached hydrogen (secondary N) is 1. The van der Waals surface area contributed by atoms with Crippen molar-refractivity contribution in [3.05, 3.63) is 88.6 Å². The molecule has 0 spiro atoms. The van der Waals surface area contributed by atoms with Gasteiger partial charge in [-0.15, -0.1) is 11.8 Å². The normalized spacial score (nSPS) is 14.6. The van der Waals surface area contributed by atoms with Gasteiger partial charge in [-0.05, 0) is 61.1 Å². The highest BCUT2D eigenvalue weighted by Crippen LogP contribution is 2.27. The summed E-state index contributed by atoms with van der Waals surface area (Å²) in [4.78, 5) is 12.2. The van der Waals surface area contributed by atoms with E-state index in [1.165, 1.54) is 11.6 Å². The number of hydrogen-bond donors (Lipinski definition) is 1. The molecule has 222 valence electrons. The van der Waals surface area contributed by atoms with Crippen LogP contribution in [-0.4, -0.2) is 57.9 Å². The summed E-state index contributed by atoms with van der Waals surface area (Å²) in [6.07, 6.45) is 6.18. The van der Waals surface area contributed by atoms with E-state index in [0.717, 1.165) is 73.9 Å². The van der Waals surface area contributed by atoms with Crippen LogP contribution in [0.4, 0.5) is 10.1 Å². The minimum Gasteiger partial charge on any atom is -0.473 e. The quantitative estimate of drug-likeness (QED) is 0.160. The maximum absolute atomic E-state index is 14.2. The second-order valence-corrected chi connectivity index (χ2v) is 11.7. The van der Waals surface area contributed by atoms with Gasteiger partial charge < -0.3 is 19.4 Å². The first-order valence-corrected chi connectivity index (χ1v) is 15.9. The lowest BCUT2D eigenvalue weighted by Crippen LogP contribution is -2.30. The van der Waals surface area contributed by atoms with Crippen molar-refractivity contribution in [2.75, 3.05) is 38.3 Å². The molecule has 2 aromatic carbocycles. The number of benzene rings is 2. The van der Waals surface area contributed by atoms with Crippen molar-refractivity contribution < 1.29 is 13.9 Å². The zero-order valence-electron chi connectivity index (χ0n) is 24.3. The standard InChI is InChI=1S/C32H37ClFN5O2S/c1-4-16-40-32(42-3)20-39-29-11-10-25(35-2)18-28(29)36-30(39)19-38-14-12-22(13-15-38)27-6-5-7-31(37-27)41-21-23-8-9-24(33)17-26(23)34/h5-12,17-18,32,35H,4,13-16,19-21H2,1-3H3. The Morgan fingerprint density at radius 1 is 1.14 bits per heavy atom. The molecular weight excluding hydrogens is 573 g/mol.